The number of ether oxygens (including phenoxy) is 1. The van der Waals surface area contributed by atoms with Crippen molar-refractivity contribution in [3.8, 4) is 16.9 Å². The minimum Gasteiger partial charge on any atom is -0.508 e. The molecule has 132 valence electrons. The fraction of sp³-hybridized carbons (Fsp3) is 0.136. The molecule has 3 rings (SSSR count). The van der Waals surface area contributed by atoms with Crippen LogP contribution in [0.15, 0.2) is 78.9 Å². The van der Waals surface area contributed by atoms with Crippen LogP contribution >= 0.6 is 0 Å². The van der Waals surface area contributed by atoms with Gasteiger partial charge in [-0.25, -0.2) is 4.79 Å². The number of benzene rings is 3. The zero-order valence-electron chi connectivity index (χ0n) is 14.4. The van der Waals surface area contributed by atoms with Crippen molar-refractivity contribution in [3.05, 3.63) is 90.0 Å². The third-order valence-corrected chi connectivity index (χ3v) is 4.05. The van der Waals surface area contributed by atoms with Crippen LogP contribution in [-0.4, -0.2) is 17.7 Å². The molecule has 0 saturated carbocycles. The fourth-order valence-corrected chi connectivity index (χ4v) is 2.60. The molecule has 0 aromatic heterocycles. The second-order valence-corrected chi connectivity index (χ2v) is 5.98. The van der Waals surface area contributed by atoms with Crippen molar-refractivity contribution in [1.29, 1.82) is 0 Å². The second-order valence-electron chi connectivity index (χ2n) is 5.98. The maximum Gasteiger partial charge on any atom is 0.407 e. The fourth-order valence-electron chi connectivity index (χ4n) is 2.60. The minimum absolute atomic E-state index is 0.236. The molecule has 0 bridgehead atoms. The summed E-state index contributed by atoms with van der Waals surface area (Å²) in [5, 5.41) is 12.0. The predicted molar refractivity (Wildman–Crippen MR) is 102 cm³/mol. The summed E-state index contributed by atoms with van der Waals surface area (Å²) in [5.74, 6) is 0.236. The van der Waals surface area contributed by atoms with Gasteiger partial charge in [0.1, 0.15) is 12.4 Å². The van der Waals surface area contributed by atoms with E-state index >= 15 is 0 Å². The summed E-state index contributed by atoms with van der Waals surface area (Å²) in [6.45, 7) is 0.719. The van der Waals surface area contributed by atoms with E-state index in [4.69, 9.17) is 4.74 Å². The highest BCUT2D eigenvalue weighted by Crippen LogP contribution is 2.19. The first-order valence-corrected chi connectivity index (χ1v) is 8.53. The number of nitrogens with one attached hydrogen (secondary N) is 1. The number of phenolic OH excluding ortho intramolecular Hbond substituents is 1. The average molecular weight is 347 g/mol. The molecule has 2 N–H and O–H groups in total. The number of hydrogen-bond donors (Lipinski definition) is 2. The number of phenols is 1. The zero-order valence-corrected chi connectivity index (χ0v) is 14.4. The molecule has 0 radical (unpaired) electrons. The number of amides is 1. The lowest BCUT2D eigenvalue weighted by atomic mass is 10.0. The van der Waals surface area contributed by atoms with Gasteiger partial charge >= 0.3 is 6.09 Å². The lowest BCUT2D eigenvalue weighted by Gasteiger charge is -2.08. The van der Waals surface area contributed by atoms with Gasteiger partial charge in [0.15, 0.2) is 0 Å². The molecule has 0 aliphatic carbocycles. The molecule has 26 heavy (non-hydrogen) atoms. The Morgan fingerprint density at radius 2 is 1.42 bits per heavy atom. The van der Waals surface area contributed by atoms with Crippen LogP contribution in [0.5, 0.6) is 5.75 Å². The largest absolute Gasteiger partial charge is 0.508 e. The first-order chi connectivity index (χ1) is 12.7. The summed E-state index contributed by atoms with van der Waals surface area (Å²) >= 11 is 0. The molecule has 1 amide bonds. The minimum atomic E-state index is -0.434. The Balaban J connectivity index is 1.42. The van der Waals surface area contributed by atoms with Gasteiger partial charge in [-0.3, -0.25) is 0 Å². The Bertz CT molecular complexity index is 828. The molecule has 0 atom stereocenters. The summed E-state index contributed by atoms with van der Waals surface area (Å²) < 4.78 is 5.24. The summed E-state index contributed by atoms with van der Waals surface area (Å²) in [5.41, 5.74) is 4.28. The van der Waals surface area contributed by atoms with E-state index in [1.54, 1.807) is 12.1 Å². The van der Waals surface area contributed by atoms with Gasteiger partial charge in [0, 0.05) is 6.54 Å². The molecular formula is C22H21NO3. The van der Waals surface area contributed by atoms with E-state index in [-0.39, 0.29) is 12.4 Å². The van der Waals surface area contributed by atoms with Gasteiger partial charge in [0.2, 0.25) is 0 Å². The number of rotatable bonds is 6. The van der Waals surface area contributed by atoms with Gasteiger partial charge in [-0.2, -0.15) is 0 Å². The van der Waals surface area contributed by atoms with Crippen molar-refractivity contribution in [2.24, 2.45) is 0 Å². The Labute approximate surface area is 153 Å². The monoisotopic (exact) mass is 347 g/mol. The van der Waals surface area contributed by atoms with Gasteiger partial charge in [0.25, 0.3) is 0 Å². The van der Waals surface area contributed by atoms with E-state index in [0.29, 0.717) is 13.0 Å². The van der Waals surface area contributed by atoms with Gasteiger partial charge in [0.05, 0.1) is 0 Å². The first kappa shape index (κ1) is 17.5. The zero-order chi connectivity index (χ0) is 18.2. The van der Waals surface area contributed by atoms with Crippen molar-refractivity contribution in [1.82, 2.24) is 5.32 Å². The number of alkyl carbamates (subject to hydrolysis) is 1. The molecule has 0 unspecified atom stereocenters. The summed E-state index contributed by atoms with van der Waals surface area (Å²) in [6.07, 6.45) is 0.247. The molecule has 0 heterocycles. The van der Waals surface area contributed by atoms with E-state index in [1.807, 2.05) is 54.6 Å². The highest BCUT2D eigenvalue weighted by molar-refractivity contribution is 5.67. The third kappa shape index (κ3) is 5.11. The van der Waals surface area contributed by atoms with Crippen molar-refractivity contribution in [2.75, 3.05) is 6.54 Å². The van der Waals surface area contributed by atoms with Crippen LogP contribution in [0, 0.1) is 0 Å². The Hall–Kier alpha value is -3.27. The normalized spacial score (nSPS) is 10.3. The van der Waals surface area contributed by atoms with Gasteiger partial charge in [-0.15, -0.1) is 0 Å². The SMILES string of the molecule is O=C(NCCc1ccc(O)cc1)OCc1ccc(-c2ccccc2)cc1. The van der Waals surface area contributed by atoms with Gasteiger partial charge in [-0.1, -0.05) is 66.7 Å². The summed E-state index contributed by atoms with van der Waals surface area (Å²) in [7, 11) is 0. The van der Waals surface area contributed by atoms with E-state index in [1.165, 1.54) is 0 Å². The standard InChI is InChI=1S/C22H21NO3/c24-21-12-8-17(9-13-21)14-15-23-22(25)26-16-18-6-10-20(11-7-18)19-4-2-1-3-5-19/h1-13,24H,14-16H2,(H,23,25). The van der Waals surface area contributed by atoms with Gasteiger partial charge < -0.3 is 15.2 Å². The predicted octanol–water partition coefficient (Wildman–Crippen LogP) is 4.53. The molecule has 0 aliphatic rings. The van der Waals surface area contributed by atoms with Crippen molar-refractivity contribution >= 4 is 6.09 Å². The maximum atomic E-state index is 11.8. The van der Waals surface area contributed by atoms with Crippen LogP contribution in [0.25, 0.3) is 11.1 Å². The molecule has 4 heteroatoms. The number of carbonyl (C=O) groups excluding carboxylic acids is 1. The van der Waals surface area contributed by atoms with E-state index in [9.17, 15) is 9.90 Å². The Kier molecular flexibility index (Phi) is 5.88. The number of hydrogen-bond acceptors (Lipinski definition) is 3. The molecule has 0 saturated heterocycles. The van der Waals surface area contributed by atoms with Gasteiger partial charge in [-0.05, 0) is 40.8 Å². The van der Waals surface area contributed by atoms with Crippen molar-refractivity contribution < 1.29 is 14.6 Å². The van der Waals surface area contributed by atoms with E-state index in [0.717, 1.165) is 22.3 Å². The van der Waals surface area contributed by atoms with Crippen LogP contribution < -0.4 is 5.32 Å². The molecule has 0 aliphatic heterocycles. The van der Waals surface area contributed by atoms with Crippen LogP contribution in [0.2, 0.25) is 0 Å². The highest BCUT2D eigenvalue weighted by atomic mass is 16.5. The third-order valence-electron chi connectivity index (χ3n) is 4.05. The number of aromatic hydroxyl groups is 1. The molecule has 0 fully saturated rings. The Morgan fingerprint density at radius 1 is 0.808 bits per heavy atom. The summed E-state index contributed by atoms with van der Waals surface area (Å²) in [6, 6.07) is 25.0. The lowest BCUT2D eigenvalue weighted by Crippen LogP contribution is -2.26. The molecule has 4 nitrogen and oxygen atoms in total. The van der Waals surface area contributed by atoms with Crippen LogP contribution in [0.1, 0.15) is 11.1 Å². The molecule has 3 aromatic rings. The maximum absolute atomic E-state index is 11.8. The lowest BCUT2D eigenvalue weighted by molar-refractivity contribution is 0.140. The van der Waals surface area contributed by atoms with Crippen LogP contribution in [0.4, 0.5) is 4.79 Å². The number of carbonyl (C=O) groups is 1. The van der Waals surface area contributed by atoms with E-state index < -0.39 is 6.09 Å². The molecule has 3 aromatic carbocycles. The quantitative estimate of drug-likeness (QED) is 0.689. The van der Waals surface area contributed by atoms with Crippen LogP contribution in [0.3, 0.4) is 0 Å². The Morgan fingerprint density at radius 3 is 2.12 bits per heavy atom. The smallest absolute Gasteiger partial charge is 0.407 e. The first-order valence-electron chi connectivity index (χ1n) is 8.53. The average Bonchev–Trinajstić information content (AvgIpc) is 2.69. The van der Waals surface area contributed by atoms with Crippen molar-refractivity contribution in [3.63, 3.8) is 0 Å². The molecular weight excluding hydrogens is 326 g/mol. The van der Waals surface area contributed by atoms with E-state index in [2.05, 4.69) is 17.4 Å². The van der Waals surface area contributed by atoms with Crippen molar-refractivity contribution in [2.45, 2.75) is 13.0 Å². The topological polar surface area (TPSA) is 58.6 Å². The summed E-state index contributed by atoms with van der Waals surface area (Å²) in [4.78, 5) is 11.8. The highest BCUT2D eigenvalue weighted by Gasteiger charge is 2.03. The van der Waals surface area contributed by atoms with Crippen LogP contribution in [-0.2, 0) is 17.8 Å². The molecule has 0 spiro atoms. The second kappa shape index (κ2) is 8.72.